The summed E-state index contributed by atoms with van der Waals surface area (Å²) in [5.74, 6) is 0.487. The Labute approximate surface area is 93.6 Å². The summed E-state index contributed by atoms with van der Waals surface area (Å²) in [6, 6.07) is 9.79. The minimum atomic E-state index is -0.274. The van der Waals surface area contributed by atoms with Gasteiger partial charge in [-0.2, -0.15) is 0 Å². The van der Waals surface area contributed by atoms with E-state index in [4.69, 9.17) is 16.3 Å². The molecule has 1 aromatic rings. The lowest BCUT2D eigenvalue weighted by Crippen LogP contribution is -2.15. The maximum absolute atomic E-state index is 11.4. The van der Waals surface area contributed by atoms with Gasteiger partial charge >= 0.3 is 6.09 Å². The van der Waals surface area contributed by atoms with Crippen molar-refractivity contribution >= 4 is 17.7 Å². The summed E-state index contributed by atoms with van der Waals surface area (Å²) in [4.78, 5) is 13.0. The summed E-state index contributed by atoms with van der Waals surface area (Å²) in [6.07, 6.45) is -0.274. The molecule has 0 radical (unpaired) electrons. The lowest BCUT2D eigenvalue weighted by molar-refractivity contribution is 0.123. The fourth-order valence-corrected chi connectivity index (χ4v) is 1.60. The first-order chi connectivity index (χ1) is 7.31. The van der Waals surface area contributed by atoms with E-state index in [1.165, 1.54) is 0 Å². The summed E-state index contributed by atoms with van der Waals surface area (Å²) in [6.45, 7) is 1.04. The summed E-state index contributed by atoms with van der Waals surface area (Å²) < 4.78 is 5.11. The molecule has 0 spiro atoms. The van der Waals surface area contributed by atoms with E-state index in [1.807, 2.05) is 30.3 Å². The van der Waals surface area contributed by atoms with Crippen LogP contribution < -0.4 is 0 Å². The van der Waals surface area contributed by atoms with Crippen LogP contribution in [0.2, 0.25) is 0 Å². The van der Waals surface area contributed by atoms with E-state index in [1.54, 1.807) is 4.90 Å². The highest BCUT2D eigenvalue weighted by Crippen LogP contribution is 2.20. The molecule has 1 heterocycles. The molecule has 1 aliphatic rings. The minimum Gasteiger partial charge on any atom is -0.445 e. The van der Waals surface area contributed by atoms with E-state index in [9.17, 15) is 4.79 Å². The SMILES string of the molecule is O=C(OCc1ccccc1)N1C[C@@H]1CCl. The fourth-order valence-electron chi connectivity index (χ4n) is 1.34. The molecule has 1 aromatic carbocycles. The smallest absolute Gasteiger partial charge is 0.410 e. The van der Waals surface area contributed by atoms with Gasteiger partial charge in [0, 0.05) is 12.4 Å². The highest BCUT2D eigenvalue weighted by Gasteiger charge is 2.38. The van der Waals surface area contributed by atoms with E-state index < -0.39 is 0 Å². The first-order valence-electron chi connectivity index (χ1n) is 4.84. The van der Waals surface area contributed by atoms with Gasteiger partial charge in [0.25, 0.3) is 0 Å². The molecule has 4 heteroatoms. The number of ether oxygens (including phenoxy) is 1. The zero-order valence-electron chi connectivity index (χ0n) is 8.23. The number of carbonyl (C=O) groups is 1. The number of hydrogen-bond donors (Lipinski definition) is 0. The number of rotatable bonds is 3. The van der Waals surface area contributed by atoms with Crippen LogP contribution >= 0.6 is 11.6 Å². The minimum absolute atomic E-state index is 0.176. The molecule has 0 unspecified atom stereocenters. The van der Waals surface area contributed by atoms with Crippen LogP contribution in [-0.2, 0) is 11.3 Å². The zero-order valence-corrected chi connectivity index (χ0v) is 8.98. The van der Waals surface area contributed by atoms with E-state index in [0.717, 1.165) is 12.1 Å². The van der Waals surface area contributed by atoms with Crippen LogP contribution in [0, 0.1) is 0 Å². The maximum Gasteiger partial charge on any atom is 0.410 e. The van der Waals surface area contributed by atoms with Gasteiger partial charge in [0.2, 0.25) is 0 Å². The lowest BCUT2D eigenvalue weighted by atomic mass is 10.2. The lowest BCUT2D eigenvalue weighted by Gasteiger charge is -2.05. The second-order valence-electron chi connectivity index (χ2n) is 3.50. The molecule has 0 bridgehead atoms. The Morgan fingerprint density at radius 3 is 2.80 bits per heavy atom. The standard InChI is InChI=1S/C11H12ClNO2/c12-6-10-7-13(10)11(14)15-8-9-4-2-1-3-5-9/h1-5,10H,6-8H2/t10-,13?/m0/s1. The number of alkyl halides is 1. The van der Waals surface area contributed by atoms with Crippen molar-refractivity contribution in [2.75, 3.05) is 12.4 Å². The molecule has 2 rings (SSSR count). The van der Waals surface area contributed by atoms with Gasteiger partial charge in [0.15, 0.2) is 0 Å². The van der Waals surface area contributed by atoms with Crippen LogP contribution in [-0.4, -0.2) is 29.5 Å². The molecule has 0 aromatic heterocycles. The van der Waals surface area contributed by atoms with E-state index in [0.29, 0.717) is 12.5 Å². The predicted octanol–water partition coefficient (Wildman–Crippen LogP) is 2.25. The van der Waals surface area contributed by atoms with Gasteiger partial charge in [-0.3, -0.25) is 0 Å². The fraction of sp³-hybridized carbons (Fsp3) is 0.364. The molecule has 1 aliphatic heterocycles. The quantitative estimate of drug-likeness (QED) is 0.583. The van der Waals surface area contributed by atoms with E-state index in [-0.39, 0.29) is 12.1 Å². The first kappa shape index (κ1) is 10.3. The Kier molecular flexibility index (Phi) is 3.11. The number of benzene rings is 1. The Balaban J connectivity index is 1.77. The molecule has 80 valence electrons. The largest absolute Gasteiger partial charge is 0.445 e. The van der Waals surface area contributed by atoms with E-state index in [2.05, 4.69) is 0 Å². The number of hydrogen-bond acceptors (Lipinski definition) is 2. The van der Waals surface area contributed by atoms with Crippen molar-refractivity contribution in [3.05, 3.63) is 35.9 Å². The summed E-state index contributed by atoms with van der Waals surface area (Å²) >= 11 is 5.61. The monoisotopic (exact) mass is 225 g/mol. The molecule has 3 nitrogen and oxygen atoms in total. The molecule has 1 atom stereocenters. The molecular formula is C11H12ClNO2. The van der Waals surface area contributed by atoms with Crippen molar-refractivity contribution in [2.24, 2.45) is 0 Å². The van der Waals surface area contributed by atoms with Crippen LogP contribution in [0.3, 0.4) is 0 Å². The average molecular weight is 226 g/mol. The number of amides is 1. The molecule has 0 N–H and O–H groups in total. The van der Waals surface area contributed by atoms with Crippen LogP contribution in [0.1, 0.15) is 5.56 Å². The Morgan fingerprint density at radius 2 is 2.20 bits per heavy atom. The molecule has 15 heavy (non-hydrogen) atoms. The van der Waals surface area contributed by atoms with Crippen LogP contribution in [0.4, 0.5) is 4.79 Å². The number of nitrogens with zero attached hydrogens (tertiary/aromatic N) is 1. The van der Waals surface area contributed by atoms with Crippen molar-refractivity contribution in [1.82, 2.24) is 4.90 Å². The zero-order chi connectivity index (χ0) is 10.7. The second-order valence-corrected chi connectivity index (χ2v) is 3.81. The third kappa shape index (κ3) is 2.63. The van der Waals surface area contributed by atoms with Gasteiger partial charge in [-0.1, -0.05) is 30.3 Å². The van der Waals surface area contributed by atoms with Crippen molar-refractivity contribution in [2.45, 2.75) is 12.6 Å². The highest BCUT2D eigenvalue weighted by atomic mass is 35.5. The van der Waals surface area contributed by atoms with Crippen molar-refractivity contribution in [3.63, 3.8) is 0 Å². The third-order valence-corrected chi connectivity index (χ3v) is 2.69. The van der Waals surface area contributed by atoms with Crippen LogP contribution in [0.5, 0.6) is 0 Å². The predicted molar refractivity (Wildman–Crippen MR) is 57.8 cm³/mol. The maximum atomic E-state index is 11.4. The summed E-state index contributed by atoms with van der Waals surface area (Å²) in [7, 11) is 0. The first-order valence-corrected chi connectivity index (χ1v) is 5.38. The third-order valence-electron chi connectivity index (χ3n) is 2.33. The highest BCUT2D eigenvalue weighted by molar-refractivity contribution is 6.18. The van der Waals surface area contributed by atoms with Gasteiger partial charge in [-0.15, -0.1) is 11.6 Å². The van der Waals surface area contributed by atoms with Gasteiger partial charge in [-0.05, 0) is 5.56 Å². The van der Waals surface area contributed by atoms with Gasteiger partial charge in [0.1, 0.15) is 6.61 Å². The van der Waals surface area contributed by atoms with Crippen molar-refractivity contribution < 1.29 is 9.53 Å². The van der Waals surface area contributed by atoms with Crippen molar-refractivity contribution in [3.8, 4) is 0 Å². The summed E-state index contributed by atoms with van der Waals surface area (Å²) in [5, 5.41) is 0. The molecular weight excluding hydrogens is 214 g/mol. The molecule has 1 saturated heterocycles. The van der Waals surface area contributed by atoms with Crippen LogP contribution in [0.15, 0.2) is 30.3 Å². The molecule has 1 fully saturated rings. The average Bonchev–Trinajstić information content (AvgIpc) is 3.06. The number of halogens is 1. The van der Waals surface area contributed by atoms with Crippen molar-refractivity contribution in [1.29, 1.82) is 0 Å². The molecule has 0 saturated carbocycles. The van der Waals surface area contributed by atoms with Gasteiger partial charge < -0.3 is 9.64 Å². The van der Waals surface area contributed by atoms with Crippen LogP contribution in [0.25, 0.3) is 0 Å². The van der Waals surface area contributed by atoms with Gasteiger partial charge in [-0.25, -0.2) is 4.79 Å². The topological polar surface area (TPSA) is 29.3 Å². The molecule has 1 amide bonds. The number of carbonyl (C=O) groups excluding carboxylic acids is 1. The second kappa shape index (κ2) is 4.53. The Hall–Kier alpha value is -1.22. The summed E-state index contributed by atoms with van der Waals surface area (Å²) in [5.41, 5.74) is 0.995. The Bertz CT molecular complexity index is 342. The molecule has 0 aliphatic carbocycles. The van der Waals surface area contributed by atoms with E-state index >= 15 is 0 Å². The normalized spacial score (nSPS) is 18.7. The Morgan fingerprint density at radius 1 is 1.47 bits per heavy atom. The van der Waals surface area contributed by atoms with Gasteiger partial charge in [0.05, 0.1) is 6.04 Å².